The summed E-state index contributed by atoms with van der Waals surface area (Å²) in [4.78, 5) is 12.5. The molecule has 0 saturated heterocycles. The van der Waals surface area contributed by atoms with Crippen LogP contribution >= 0.6 is 0 Å². The lowest BCUT2D eigenvalue weighted by molar-refractivity contribution is -0.143. The van der Waals surface area contributed by atoms with E-state index in [4.69, 9.17) is 0 Å². The maximum Gasteiger partial charge on any atom is 0.408 e. The summed E-state index contributed by atoms with van der Waals surface area (Å²) in [5.74, 6) is 0. The molecule has 2 rings (SSSR count). The van der Waals surface area contributed by atoms with Crippen molar-refractivity contribution in [2.45, 2.75) is 31.0 Å². The first kappa shape index (κ1) is 20.0. The fourth-order valence-electron chi connectivity index (χ4n) is 2.29. The van der Waals surface area contributed by atoms with E-state index in [-0.39, 0.29) is 10.6 Å². The molecule has 26 heavy (non-hydrogen) atoms. The number of benzene rings is 1. The van der Waals surface area contributed by atoms with E-state index in [0.717, 1.165) is 6.26 Å². The number of hydrogen-bond acceptors (Lipinski definition) is 5. The molecule has 0 aliphatic rings. The van der Waals surface area contributed by atoms with Crippen LogP contribution in [0.25, 0.3) is 11.1 Å². The molecule has 0 unspecified atom stereocenters. The molecule has 0 radical (unpaired) electrons. The Bertz CT molecular complexity index is 936. The summed E-state index contributed by atoms with van der Waals surface area (Å²) in [7, 11) is -3.38. The summed E-state index contributed by atoms with van der Waals surface area (Å²) < 4.78 is 61.2. The molecule has 6 nitrogen and oxygen atoms in total. The summed E-state index contributed by atoms with van der Waals surface area (Å²) in [6.45, 7) is 0.753. The second-order valence-corrected chi connectivity index (χ2v) is 7.75. The second-order valence-electron chi connectivity index (χ2n) is 5.73. The number of nitrogens with one attached hydrogen (secondary N) is 1. The molecule has 10 heteroatoms. The van der Waals surface area contributed by atoms with Gasteiger partial charge in [-0.3, -0.25) is 4.79 Å². The van der Waals surface area contributed by atoms with E-state index in [1.807, 2.05) is 6.92 Å². The van der Waals surface area contributed by atoms with E-state index in [2.05, 4.69) is 10.4 Å². The number of aromatic nitrogens is 2. The summed E-state index contributed by atoms with van der Waals surface area (Å²) in [5, 5.41) is 6.45. The van der Waals surface area contributed by atoms with Crippen LogP contribution in [0.3, 0.4) is 0 Å². The average molecular weight is 389 g/mol. The van der Waals surface area contributed by atoms with Crippen molar-refractivity contribution in [3.05, 3.63) is 40.8 Å². The molecule has 0 bridgehead atoms. The zero-order valence-corrected chi connectivity index (χ0v) is 15.0. The van der Waals surface area contributed by atoms with E-state index < -0.39 is 28.1 Å². The number of halogens is 3. The van der Waals surface area contributed by atoms with Crippen LogP contribution in [-0.2, 0) is 16.4 Å². The number of nitrogens with zero attached hydrogens (tertiary/aromatic N) is 2. The topological polar surface area (TPSA) is 81.1 Å². The van der Waals surface area contributed by atoms with Crippen LogP contribution in [0, 0.1) is 0 Å². The first-order valence-corrected chi connectivity index (χ1v) is 9.63. The number of rotatable bonds is 6. The molecule has 0 aliphatic carbocycles. The fourth-order valence-corrected chi connectivity index (χ4v) is 2.92. The Hall–Kier alpha value is -2.36. The molecule has 0 amide bonds. The van der Waals surface area contributed by atoms with Crippen molar-refractivity contribution in [1.29, 1.82) is 0 Å². The molecule has 0 spiro atoms. The van der Waals surface area contributed by atoms with Crippen LogP contribution in [0.5, 0.6) is 0 Å². The first-order chi connectivity index (χ1) is 12.0. The molecular weight excluding hydrogens is 371 g/mol. The SMILES string of the molecule is CCCNc1c(-c2ccc(S(C)(=O)=O)cc2)cnn(CC(F)(F)F)c1=O. The lowest BCUT2D eigenvalue weighted by atomic mass is 10.1. The van der Waals surface area contributed by atoms with Gasteiger partial charge in [-0.15, -0.1) is 0 Å². The first-order valence-electron chi connectivity index (χ1n) is 7.74. The van der Waals surface area contributed by atoms with Gasteiger partial charge in [0.05, 0.1) is 11.1 Å². The van der Waals surface area contributed by atoms with Crippen LogP contribution in [0.15, 0.2) is 40.2 Å². The van der Waals surface area contributed by atoms with Gasteiger partial charge in [-0.2, -0.15) is 18.3 Å². The summed E-state index contributed by atoms with van der Waals surface area (Å²) >= 11 is 0. The second kappa shape index (κ2) is 7.48. The third-order valence-electron chi connectivity index (χ3n) is 3.52. The van der Waals surface area contributed by atoms with Crippen molar-refractivity contribution in [3.8, 4) is 11.1 Å². The quantitative estimate of drug-likeness (QED) is 0.822. The standard InChI is InChI=1S/C16H18F3N3O3S/c1-3-8-20-14-13(9-21-22(15(14)23)10-16(17,18)19)11-4-6-12(7-5-11)26(2,24)25/h4-7,9,20H,3,8,10H2,1-2H3. The molecule has 1 N–H and O–H groups in total. The van der Waals surface area contributed by atoms with Crippen molar-refractivity contribution in [3.63, 3.8) is 0 Å². The van der Waals surface area contributed by atoms with Gasteiger partial charge in [-0.1, -0.05) is 19.1 Å². The maximum atomic E-state index is 12.6. The zero-order valence-electron chi connectivity index (χ0n) is 14.2. The van der Waals surface area contributed by atoms with Gasteiger partial charge in [0, 0.05) is 18.4 Å². The average Bonchev–Trinajstić information content (AvgIpc) is 2.53. The van der Waals surface area contributed by atoms with E-state index >= 15 is 0 Å². The number of anilines is 1. The molecule has 1 aromatic heterocycles. The molecule has 2 aromatic rings. The van der Waals surface area contributed by atoms with Gasteiger partial charge in [0.15, 0.2) is 9.84 Å². The molecule has 0 saturated carbocycles. The molecule has 142 valence electrons. The summed E-state index contributed by atoms with van der Waals surface area (Å²) in [5.41, 5.74) is -0.111. The predicted octanol–water partition coefficient (Wildman–Crippen LogP) is 2.70. The van der Waals surface area contributed by atoms with Crippen LogP contribution in [0.4, 0.5) is 18.9 Å². The van der Waals surface area contributed by atoms with Gasteiger partial charge in [-0.25, -0.2) is 13.1 Å². The zero-order chi connectivity index (χ0) is 19.5. The molecular formula is C16H18F3N3O3S. The van der Waals surface area contributed by atoms with Crippen molar-refractivity contribution in [2.24, 2.45) is 0 Å². The van der Waals surface area contributed by atoms with Crippen LogP contribution < -0.4 is 10.9 Å². The Kier molecular flexibility index (Phi) is 5.74. The minimum Gasteiger partial charge on any atom is -0.380 e. The van der Waals surface area contributed by atoms with E-state index in [1.165, 1.54) is 30.5 Å². The monoisotopic (exact) mass is 389 g/mol. The smallest absolute Gasteiger partial charge is 0.380 e. The van der Waals surface area contributed by atoms with Gasteiger partial charge in [0.1, 0.15) is 12.2 Å². The fraction of sp³-hybridized carbons (Fsp3) is 0.375. The highest BCUT2D eigenvalue weighted by Gasteiger charge is 2.30. The largest absolute Gasteiger partial charge is 0.408 e. The van der Waals surface area contributed by atoms with Gasteiger partial charge in [-0.05, 0) is 24.1 Å². The normalized spacial score (nSPS) is 12.2. The molecule has 0 atom stereocenters. The Balaban J connectivity index is 2.54. The Morgan fingerprint density at radius 3 is 2.31 bits per heavy atom. The Morgan fingerprint density at radius 1 is 1.19 bits per heavy atom. The number of hydrogen-bond donors (Lipinski definition) is 1. The predicted molar refractivity (Wildman–Crippen MR) is 91.9 cm³/mol. The molecule has 0 aliphatic heterocycles. The van der Waals surface area contributed by atoms with Gasteiger partial charge < -0.3 is 5.32 Å². The van der Waals surface area contributed by atoms with Crippen molar-refractivity contribution >= 4 is 15.5 Å². The van der Waals surface area contributed by atoms with Crippen LogP contribution in [0.1, 0.15) is 13.3 Å². The molecule has 0 fully saturated rings. The minimum atomic E-state index is -4.57. The summed E-state index contributed by atoms with van der Waals surface area (Å²) in [6, 6.07) is 5.71. The van der Waals surface area contributed by atoms with Gasteiger partial charge >= 0.3 is 6.18 Å². The van der Waals surface area contributed by atoms with Gasteiger partial charge in [0.25, 0.3) is 5.56 Å². The maximum absolute atomic E-state index is 12.6. The third kappa shape index (κ3) is 4.84. The molecule has 1 heterocycles. The van der Waals surface area contributed by atoms with E-state index in [1.54, 1.807) is 0 Å². The highest BCUT2D eigenvalue weighted by molar-refractivity contribution is 7.90. The van der Waals surface area contributed by atoms with E-state index in [0.29, 0.717) is 28.8 Å². The highest BCUT2D eigenvalue weighted by atomic mass is 32.2. The van der Waals surface area contributed by atoms with Crippen LogP contribution in [0.2, 0.25) is 0 Å². The van der Waals surface area contributed by atoms with Gasteiger partial charge in [0.2, 0.25) is 0 Å². The molecule has 1 aromatic carbocycles. The lowest BCUT2D eigenvalue weighted by Crippen LogP contribution is -2.32. The number of alkyl halides is 3. The van der Waals surface area contributed by atoms with Crippen molar-refractivity contribution in [2.75, 3.05) is 18.1 Å². The van der Waals surface area contributed by atoms with Crippen molar-refractivity contribution in [1.82, 2.24) is 9.78 Å². The van der Waals surface area contributed by atoms with Crippen LogP contribution in [-0.4, -0.2) is 37.2 Å². The van der Waals surface area contributed by atoms with Crippen molar-refractivity contribution < 1.29 is 21.6 Å². The Labute approximate surface area is 148 Å². The minimum absolute atomic E-state index is 0.00166. The number of sulfone groups is 1. The summed E-state index contributed by atoms with van der Waals surface area (Å²) in [6.07, 6.45) is -1.68. The van der Waals surface area contributed by atoms with E-state index in [9.17, 15) is 26.4 Å². The lowest BCUT2D eigenvalue weighted by Gasteiger charge is -2.14. The third-order valence-corrected chi connectivity index (χ3v) is 4.65. The highest BCUT2D eigenvalue weighted by Crippen LogP contribution is 2.26. The Morgan fingerprint density at radius 2 is 1.81 bits per heavy atom.